The minimum Gasteiger partial charge on any atom is -0.491 e. The van der Waals surface area contributed by atoms with E-state index in [0.29, 0.717) is 10.8 Å². The lowest BCUT2D eigenvalue weighted by Crippen LogP contribution is -2.07. The van der Waals surface area contributed by atoms with Crippen molar-refractivity contribution in [2.45, 2.75) is 20.0 Å². The summed E-state index contributed by atoms with van der Waals surface area (Å²) >= 11 is 1.32. The molecule has 1 amide bonds. The topological polar surface area (TPSA) is 51.2 Å². The number of nitrogens with zero attached hydrogens (tertiary/aromatic N) is 1. The Balaban J connectivity index is 1.62. The predicted octanol–water partition coefficient (Wildman–Crippen LogP) is 5.39. The fourth-order valence-corrected chi connectivity index (χ4v) is 3.09. The normalized spacial score (nSPS) is 11.1. The average Bonchev–Trinajstić information content (AvgIpc) is 3.09. The van der Waals surface area contributed by atoms with Crippen molar-refractivity contribution >= 4 is 28.5 Å². The number of thiazole rings is 1. The van der Waals surface area contributed by atoms with E-state index >= 15 is 0 Å². The molecule has 3 rings (SSSR count). The number of hydrogen-bond donors (Lipinski definition) is 1. The molecule has 0 fully saturated rings. The number of benzene rings is 2. The zero-order valence-electron chi connectivity index (χ0n) is 15.0. The van der Waals surface area contributed by atoms with Gasteiger partial charge < -0.3 is 4.74 Å². The van der Waals surface area contributed by atoms with Gasteiger partial charge in [0.05, 0.1) is 11.8 Å². The molecule has 0 bridgehead atoms. The van der Waals surface area contributed by atoms with Gasteiger partial charge in [0.15, 0.2) is 5.13 Å². The first kappa shape index (κ1) is 18.8. The van der Waals surface area contributed by atoms with Crippen LogP contribution in [0.3, 0.4) is 0 Å². The first-order chi connectivity index (χ1) is 13.0. The molecule has 2 aromatic carbocycles. The molecule has 0 aliphatic heterocycles. The van der Waals surface area contributed by atoms with Gasteiger partial charge in [0.2, 0.25) is 5.91 Å². The predicted molar refractivity (Wildman–Crippen MR) is 107 cm³/mol. The third-order valence-corrected chi connectivity index (χ3v) is 4.29. The summed E-state index contributed by atoms with van der Waals surface area (Å²) in [6.07, 6.45) is 3.26. The zero-order chi connectivity index (χ0) is 19.2. The van der Waals surface area contributed by atoms with Gasteiger partial charge in [-0.05, 0) is 61.9 Å². The molecule has 3 aromatic rings. The van der Waals surface area contributed by atoms with Gasteiger partial charge in [-0.3, -0.25) is 10.1 Å². The summed E-state index contributed by atoms with van der Waals surface area (Å²) in [4.78, 5) is 16.5. The van der Waals surface area contributed by atoms with E-state index in [1.54, 1.807) is 18.2 Å². The quantitative estimate of drug-likeness (QED) is 0.582. The first-order valence-corrected chi connectivity index (χ1v) is 9.35. The number of ether oxygens (including phenoxy) is 1. The number of aromatic nitrogens is 1. The molecular weight excluding hydrogens is 363 g/mol. The standard InChI is InChI=1S/C21H19FN2O2S/c1-14(2)26-18-5-3-4-15(12-18)6-11-20(25)24-21-23-19(13-27-21)16-7-9-17(22)10-8-16/h3-14H,1-2H3,(H,23,24,25)/b11-6+. The summed E-state index contributed by atoms with van der Waals surface area (Å²) in [6, 6.07) is 13.6. The Morgan fingerprint density at radius 1 is 1.22 bits per heavy atom. The van der Waals surface area contributed by atoms with E-state index in [4.69, 9.17) is 4.74 Å². The Kier molecular flexibility index (Phi) is 5.98. The van der Waals surface area contributed by atoms with Crippen molar-refractivity contribution < 1.29 is 13.9 Å². The van der Waals surface area contributed by atoms with Gasteiger partial charge >= 0.3 is 0 Å². The zero-order valence-corrected chi connectivity index (χ0v) is 15.8. The SMILES string of the molecule is CC(C)Oc1cccc(/C=C/C(=O)Nc2nc(-c3ccc(F)cc3)cs2)c1. The second kappa shape index (κ2) is 8.60. The maximum atomic E-state index is 13.0. The van der Waals surface area contributed by atoms with E-state index in [9.17, 15) is 9.18 Å². The van der Waals surface area contributed by atoms with E-state index in [-0.39, 0.29) is 17.8 Å². The molecule has 0 aliphatic carbocycles. The lowest BCUT2D eigenvalue weighted by atomic mass is 10.2. The number of rotatable bonds is 6. The number of anilines is 1. The fraction of sp³-hybridized carbons (Fsp3) is 0.143. The van der Waals surface area contributed by atoms with Crippen LogP contribution in [-0.4, -0.2) is 17.0 Å². The summed E-state index contributed by atoms with van der Waals surface area (Å²) < 4.78 is 18.6. The van der Waals surface area contributed by atoms with Crippen molar-refractivity contribution in [1.82, 2.24) is 4.98 Å². The lowest BCUT2D eigenvalue weighted by Gasteiger charge is -2.09. The highest BCUT2D eigenvalue weighted by atomic mass is 32.1. The van der Waals surface area contributed by atoms with E-state index < -0.39 is 0 Å². The first-order valence-electron chi connectivity index (χ1n) is 8.47. The van der Waals surface area contributed by atoms with Crippen LogP contribution in [0.1, 0.15) is 19.4 Å². The van der Waals surface area contributed by atoms with E-state index in [0.717, 1.165) is 16.9 Å². The van der Waals surface area contributed by atoms with Crippen molar-refractivity contribution in [3.05, 3.63) is 71.4 Å². The Labute approximate surface area is 161 Å². The summed E-state index contributed by atoms with van der Waals surface area (Å²) in [7, 11) is 0. The molecule has 27 heavy (non-hydrogen) atoms. The number of carbonyl (C=O) groups excluding carboxylic acids is 1. The summed E-state index contributed by atoms with van der Waals surface area (Å²) in [6.45, 7) is 3.92. The molecule has 0 spiro atoms. The van der Waals surface area contributed by atoms with E-state index in [1.165, 1.54) is 29.5 Å². The molecule has 0 saturated heterocycles. The van der Waals surface area contributed by atoms with Gasteiger partial charge in [0.1, 0.15) is 11.6 Å². The van der Waals surface area contributed by atoms with Crippen LogP contribution in [-0.2, 0) is 4.79 Å². The van der Waals surface area contributed by atoms with Gasteiger partial charge in [-0.2, -0.15) is 0 Å². The molecule has 0 atom stereocenters. The highest BCUT2D eigenvalue weighted by molar-refractivity contribution is 7.14. The second-order valence-corrected chi connectivity index (χ2v) is 6.96. The third kappa shape index (κ3) is 5.49. The average molecular weight is 382 g/mol. The Morgan fingerprint density at radius 2 is 2.00 bits per heavy atom. The smallest absolute Gasteiger partial charge is 0.250 e. The Morgan fingerprint density at radius 3 is 2.74 bits per heavy atom. The lowest BCUT2D eigenvalue weighted by molar-refractivity contribution is -0.111. The fourth-order valence-electron chi connectivity index (χ4n) is 2.37. The molecule has 0 saturated carbocycles. The van der Waals surface area contributed by atoms with Crippen LogP contribution in [0.4, 0.5) is 9.52 Å². The summed E-state index contributed by atoms with van der Waals surface area (Å²) in [5, 5.41) is 5.04. The Bertz CT molecular complexity index is 949. The van der Waals surface area contributed by atoms with Gasteiger partial charge in [-0.15, -0.1) is 11.3 Å². The second-order valence-electron chi connectivity index (χ2n) is 6.11. The van der Waals surface area contributed by atoms with Crippen molar-refractivity contribution in [1.29, 1.82) is 0 Å². The Hall–Kier alpha value is -2.99. The van der Waals surface area contributed by atoms with Crippen LogP contribution in [0.15, 0.2) is 60.0 Å². The highest BCUT2D eigenvalue weighted by Gasteiger charge is 2.07. The number of amides is 1. The summed E-state index contributed by atoms with van der Waals surface area (Å²) in [5.74, 6) is 0.192. The number of carbonyl (C=O) groups is 1. The highest BCUT2D eigenvalue weighted by Crippen LogP contribution is 2.25. The van der Waals surface area contributed by atoms with Crippen LogP contribution in [0, 0.1) is 5.82 Å². The van der Waals surface area contributed by atoms with Gasteiger partial charge in [-0.25, -0.2) is 9.37 Å². The van der Waals surface area contributed by atoms with Crippen molar-refractivity contribution in [2.24, 2.45) is 0 Å². The van der Waals surface area contributed by atoms with Crippen LogP contribution in [0.5, 0.6) is 5.75 Å². The molecular formula is C21H19FN2O2S. The molecule has 0 radical (unpaired) electrons. The van der Waals surface area contributed by atoms with E-state index in [2.05, 4.69) is 10.3 Å². The van der Waals surface area contributed by atoms with Crippen LogP contribution < -0.4 is 10.1 Å². The molecule has 1 aromatic heterocycles. The summed E-state index contributed by atoms with van der Waals surface area (Å²) in [5.41, 5.74) is 2.36. The minimum absolute atomic E-state index is 0.0905. The van der Waals surface area contributed by atoms with Crippen LogP contribution in [0.25, 0.3) is 17.3 Å². The molecule has 0 aliphatic rings. The number of nitrogens with one attached hydrogen (secondary N) is 1. The van der Waals surface area contributed by atoms with Gasteiger partial charge in [-0.1, -0.05) is 12.1 Å². The van der Waals surface area contributed by atoms with Gasteiger partial charge in [0, 0.05) is 17.0 Å². The minimum atomic E-state index is -0.296. The van der Waals surface area contributed by atoms with Crippen LogP contribution in [0.2, 0.25) is 0 Å². The maximum absolute atomic E-state index is 13.0. The number of halogens is 1. The van der Waals surface area contributed by atoms with Crippen molar-refractivity contribution in [2.75, 3.05) is 5.32 Å². The van der Waals surface area contributed by atoms with Crippen LogP contribution >= 0.6 is 11.3 Å². The van der Waals surface area contributed by atoms with Crippen molar-refractivity contribution in [3.63, 3.8) is 0 Å². The molecule has 1 N–H and O–H groups in total. The largest absolute Gasteiger partial charge is 0.491 e. The molecule has 6 heteroatoms. The maximum Gasteiger partial charge on any atom is 0.250 e. The van der Waals surface area contributed by atoms with E-state index in [1.807, 2.05) is 43.5 Å². The molecule has 4 nitrogen and oxygen atoms in total. The molecule has 1 heterocycles. The molecule has 138 valence electrons. The van der Waals surface area contributed by atoms with Crippen molar-refractivity contribution in [3.8, 4) is 17.0 Å². The number of hydrogen-bond acceptors (Lipinski definition) is 4. The van der Waals surface area contributed by atoms with Gasteiger partial charge in [0.25, 0.3) is 0 Å². The molecule has 0 unspecified atom stereocenters. The third-order valence-electron chi connectivity index (χ3n) is 3.53. The monoisotopic (exact) mass is 382 g/mol.